The van der Waals surface area contributed by atoms with Crippen LogP contribution in [0, 0.1) is 5.92 Å². The van der Waals surface area contributed by atoms with Crippen molar-refractivity contribution in [3.8, 4) is 0 Å². The standard InChI is InChI=1S/C14H20O/c1-3-11-5-4-6-13(9-11)14(2,15)10-12-7-8-12/h4-6,9,12,15H,3,7-8,10H2,1-2H3. The molecule has 1 atom stereocenters. The van der Waals surface area contributed by atoms with E-state index in [1.165, 1.54) is 18.4 Å². The molecule has 0 heterocycles. The molecule has 1 unspecified atom stereocenters. The van der Waals surface area contributed by atoms with Crippen LogP contribution >= 0.6 is 0 Å². The summed E-state index contributed by atoms with van der Waals surface area (Å²) < 4.78 is 0. The molecule has 0 bridgehead atoms. The van der Waals surface area contributed by atoms with E-state index in [1.54, 1.807) is 0 Å². The Balaban J connectivity index is 2.17. The summed E-state index contributed by atoms with van der Waals surface area (Å²) in [5, 5.41) is 10.4. The van der Waals surface area contributed by atoms with E-state index in [0.29, 0.717) is 0 Å². The molecule has 2 rings (SSSR count). The first kappa shape index (κ1) is 10.7. The van der Waals surface area contributed by atoms with Gasteiger partial charge in [0, 0.05) is 0 Å². The van der Waals surface area contributed by atoms with Crippen molar-refractivity contribution in [2.45, 2.75) is 45.1 Å². The molecule has 82 valence electrons. The third-order valence-corrected chi connectivity index (χ3v) is 3.34. The van der Waals surface area contributed by atoms with Crippen LogP contribution in [0.15, 0.2) is 24.3 Å². The highest BCUT2D eigenvalue weighted by Gasteiger charge is 2.32. The lowest BCUT2D eigenvalue weighted by atomic mass is 9.89. The molecule has 0 amide bonds. The fourth-order valence-corrected chi connectivity index (χ4v) is 2.13. The third-order valence-electron chi connectivity index (χ3n) is 3.34. The average Bonchev–Trinajstić information content (AvgIpc) is 3.01. The van der Waals surface area contributed by atoms with Crippen molar-refractivity contribution in [3.63, 3.8) is 0 Å². The molecule has 1 nitrogen and oxygen atoms in total. The second-order valence-electron chi connectivity index (χ2n) is 4.98. The van der Waals surface area contributed by atoms with Gasteiger partial charge in [0.1, 0.15) is 0 Å². The number of hydrogen-bond donors (Lipinski definition) is 1. The molecule has 1 aliphatic rings. The summed E-state index contributed by atoms with van der Waals surface area (Å²) in [6.07, 6.45) is 4.54. The second kappa shape index (κ2) is 3.97. The molecule has 1 N–H and O–H groups in total. The van der Waals surface area contributed by atoms with E-state index in [4.69, 9.17) is 0 Å². The van der Waals surface area contributed by atoms with E-state index >= 15 is 0 Å². The number of aliphatic hydroxyl groups is 1. The molecule has 1 aromatic carbocycles. The lowest BCUT2D eigenvalue weighted by Crippen LogP contribution is -2.21. The van der Waals surface area contributed by atoms with Crippen molar-refractivity contribution in [3.05, 3.63) is 35.4 Å². The quantitative estimate of drug-likeness (QED) is 0.798. The van der Waals surface area contributed by atoms with Crippen molar-refractivity contribution < 1.29 is 5.11 Å². The lowest BCUT2D eigenvalue weighted by molar-refractivity contribution is 0.0417. The smallest absolute Gasteiger partial charge is 0.0871 e. The molecule has 1 heteroatoms. The third kappa shape index (κ3) is 2.60. The van der Waals surface area contributed by atoms with Crippen molar-refractivity contribution in [1.82, 2.24) is 0 Å². The first-order valence-corrected chi connectivity index (χ1v) is 5.93. The van der Waals surface area contributed by atoms with Crippen molar-refractivity contribution in [1.29, 1.82) is 0 Å². The Kier molecular flexibility index (Phi) is 2.83. The van der Waals surface area contributed by atoms with Crippen LogP contribution in [0.25, 0.3) is 0 Å². The highest BCUT2D eigenvalue weighted by molar-refractivity contribution is 5.28. The topological polar surface area (TPSA) is 20.2 Å². The van der Waals surface area contributed by atoms with Crippen LogP contribution in [-0.4, -0.2) is 5.11 Å². The number of hydrogen-bond acceptors (Lipinski definition) is 1. The summed E-state index contributed by atoms with van der Waals surface area (Å²) in [5.74, 6) is 0.755. The van der Waals surface area contributed by atoms with Gasteiger partial charge in [-0.05, 0) is 36.8 Å². The van der Waals surface area contributed by atoms with Gasteiger partial charge in [-0.2, -0.15) is 0 Å². The number of aryl methyl sites for hydroxylation is 1. The van der Waals surface area contributed by atoms with E-state index in [0.717, 1.165) is 24.3 Å². The summed E-state index contributed by atoms with van der Waals surface area (Å²) in [4.78, 5) is 0. The zero-order valence-electron chi connectivity index (χ0n) is 9.66. The molecular formula is C14H20O. The van der Waals surface area contributed by atoms with E-state index in [9.17, 15) is 5.11 Å². The molecular weight excluding hydrogens is 184 g/mol. The van der Waals surface area contributed by atoms with E-state index in [2.05, 4.69) is 25.1 Å². The zero-order chi connectivity index (χ0) is 10.9. The minimum Gasteiger partial charge on any atom is -0.385 e. The molecule has 0 aliphatic heterocycles. The Bertz CT molecular complexity index is 337. The fourth-order valence-electron chi connectivity index (χ4n) is 2.13. The maximum Gasteiger partial charge on any atom is 0.0871 e. The van der Waals surface area contributed by atoms with Gasteiger partial charge in [-0.25, -0.2) is 0 Å². The fraction of sp³-hybridized carbons (Fsp3) is 0.571. The monoisotopic (exact) mass is 204 g/mol. The Morgan fingerprint density at radius 2 is 2.13 bits per heavy atom. The second-order valence-corrected chi connectivity index (χ2v) is 4.98. The van der Waals surface area contributed by atoms with Gasteiger partial charge in [-0.3, -0.25) is 0 Å². The van der Waals surface area contributed by atoms with Gasteiger partial charge in [0.2, 0.25) is 0 Å². The van der Waals surface area contributed by atoms with E-state index in [-0.39, 0.29) is 0 Å². The van der Waals surface area contributed by atoms with Crippen LogP contribution in [-0.2, 0) is 12.0 Å². The van der Waals surface area contributed by atoms with Crippen LogP contribution in [0.3, 0.4) is 0 Å². The van der Waals surface area contributed by atoms with Crippen LogP contribution in [0.1, 0.15) is 44.2 Å². The summed E-state index contributed by atoms with van der Waals surface area (Å²) in [7, 11) is 0. The predicted octanol–water partition coefficient (Wildman–Crippen LogP) is 3.26. The van der Waals surface area contributed by atoms with Gasteiger partial charge in [0.25, 0.3) is 0 Å². The normalized spacial score (nSPS) is 19.9. The minimum atomic E-state index is -0.633. The molecule has 0 aromatic heterocycles. The van der Waals surface area contributed by atoms with Crippen molar-refractivity contribution >= 4 is 0 Å². The van der Waals surface area contributed by atoms with Crippen LogP contribution in [0.2, 0.25) is 0 Å². The molecule has 1 aromatic rings. The first-order chi connectivity index (χ1) is 7.12. The molecule has 1 aliphatic carbocycles. The van der Waals surface area contributed by atoms with Gasteiger partial charge in [-0.1, -0.05) is 44.0 Å². The SMILES string of the molecule is CCc1cccc(C(C)(O)CC2CC2)c1. The lowest BCUT2D eigenvalue weighted by Gasteiger charge is -2.24. The van der Waals surface area contributed by atoms with Crippen LogP contribution in [0.5, 0.6) is 0 Å². The maximum atomic E-state index is 10.4. The summed E-state index contributed by atoms with van der Waals surface area (Å²) in [5.41, 5.74) is 1.75. The van der Waals surface area contributed by atoms with Gasteiger partial charge < -0.3 is 5.11 Å². The first-order valence-electron chi connectivity index (χ1n) is 5.93. The summed E-state index contributed by atoms with van der Waals surface area (Å²) >= 11 is 0. The van der Waals surface area contributed by atoms with Gasteiger partial charge >= 0.3 is 0 Å². The summed E-state index contributed by atoms with van der Waals surface area (Å²) in [6.45, 7) is 4.09. The van der Waals surface area contributed by atoms with Gasteiger partial charge in [0.05, 0.1) is 5.60 Å². The molecule has 1 fully saturated rings. The van der Waals surface area contributed by atoms with Crippen molar-refractivity contribution in [2.75, 3.05) is 0 Å². The molecule has 1 saturated carbocycles. The Labute approximate surface area is 92.1 Å². The molecule has 15 heavy (non-hydrogen) atoms. The largest absolute Gasteiger partial charge is 0.385 e. The summed E-state index contributed by atoms with van der Waals surface area (Å²) in [6, 6.07) is 8.36. The number of rotatable bonds is 4. The maximum absolute atomic E-state index is 10.4. The Morgan fingerprint density at radius 3 is 2.73 bits per heavy atom. The molecule has 0 saturated heterocycles. The van der Waals surface area contributed by atoms with Crippen LogP contribution in [0.4, 0.5) is 0 Å². The van der Waals surface area contributed by atoms with E-state index in [1.807, 2.05) is 13.0 Å². The highest BCUT2D eigenvalue weighted by Crippen LogP contribution is 2.40. The molecule has 0 spiro atoms. The van der Waals surface area contributed by atoms with E-state index < -0.39 is 5.60 Å². The van der Waals surface area contributed by atoms with Crippen molar-refractivity contribution in [2.24, 2.45) is 5.92 Å². The van der Waals surface area contributed by atoms with Gasteiger partial charge in [-0.15, -0.1) is 0 Å². The minimum absolute atomic E-state index is 0.633. The Hall–Kier alpha value is -0.820. The number of benzene rings is 1. The van der Waals surface area contributed by atoms with Gasteiger partial charge in [0.15, 0.2) is 0 Å². The zero-order valence-corrected chi connectivity index (χ0v) is 9.66. The highest BCUT2D eigenvalue weighted by atomic mass is 16.3. The Morgan fingerprint density at radius 1 is 1.40 bits per heavy atom. The molecule has 0 radical (unpaired) electrons. The predicted molar refractivity (Wildman–Crippen MR) is 62.7 cm³/mol. The average molecular weight is 204 g/mol. The van der Waals surface area contributed by atoms with Crippen LogP contribution < -0.4 is 0 Å².